The van der Waals surface area contributed by atoms with Crippen molar-refractivity contribution in [2.24, 2.45) is 0 Å². The summed E-state index contributed by atoms with van der Waals surface area (Å²) in [5.74, 6) is -0.597. The number of carbonyl (C=O) groups excluding carboxylic acids is 2. The summed E-state index contributed by atoms with van der Waals surface area (Å²) < 4.78 is 38.1. The zero-order valence-corrected chi connectivity index (χ0v) is 19.4. The minimum atomic E-state index is -4.39. The molecular formula is C24H23F3N4O2S. The van der Waals surface area contributed by atoms with E-state index in [9.17, 15) is 22.8 Å². The van der Waals surface area contributed by atoms with Crippen molar-refractivity contribution in [2.75, 3.05) is 17.3 Å². The fraction of sp³-hybridized carbons (Fsp3) is 0.292. The second kappa shape index (κ2) is 8.92. The number of aldehydes is 1. The van der Waals surface area contributed by atoms with Gasteiger partial charge < -0.3 is 10.6 Å². The lowest BCUT2D eigenvalue weighted by atomic mass is 9.90. The zero-order valence-electron chi connectivity index (χ0n) is 18.5. The van der Waals surface area contributed by atoms with E-state index >= 15 is 0 Å². The minimum absolute atomic E-state index is 0.0450. The average molecular weight is 489 g/mol. The van der Waals surface area contributed by atoms with Gasteiger partial charge in [-0.2, -0.15) is 13.2 Å². The van der Waals surface area contributed by atoms with E-state index in [-0.39, 0.29) is 16.7 Å². The summed E-state index contributed by atoms with van der Waals surface area (Å²) in [5, 5.41) is 0.825. The van der Waals surface area contributed by atoms with E-state index in [1.54, 1.807) is 29.3 Å². The molecule has 0 spiro atoms. The standard InChI is InChI=1S/C24H23F3N4O2S/c1-23(2)22(20(33)13-32)31(16-6-8-17(9-7-16)34-24(25,26)27)14-30(23)12-15-10-11-29-19-5-3-4-18(28)21(15)19/h3-11,13,22H,12,14,28H2,1-2H3. The Morgan fingerprint density at radius 2 is 1.91 bits per heavy atom. The molecule has 0 amide bonds. The van der Waals surface area contributed by atoms with Gasteiger partial charge in [-0.05, 0) is 73.6 Å². The Bertz CT molecular complexity index is 1230. The number of alkyl halides is 3. The Morgan fingerprint density at radius 1 is 1.21 bits per heavy atom. The number of benzene rings is 2. The Balaban J connectivity index is 1.69. The Hall–Kier alpha value is -3.11. The van der Waals surface area contributed by atoms with Gasteiger partial charge in [0.05, 0.1) is 12.2 Å². The minimum Gasteiger partial charge on any atom is -0.398 e. The van der Waals surface area contributed by atoms with E-state index in [0.717, 1.165) is 16.5 Å². The molecule has 2 heterocycles. The first kappa shape index (κ1) is 24.0. The summed E-state index contributed by atoms with van der Waals surface area (Å²) in [6.45, 7) is 4.47. The summed E-state index contributed by atoms with van der Waals surface area (Å²) in [6.07, 6.45) is 2.00. The van der Waals surface area contributed by atoms with E-state index in [1.165, 1.54) is 12.1 Å². The third-order valence-electron chi connectivity index (χ3n) is 6.15. The SMILES string of the molecule is CC1(C)C(C(=O)C=O)N(c2ccc(SC(F)(F)F)cc2)CN1Cc1ccnc2cccc(N)c12. The van der Waals surface area contributed by atoms with Crippen molar-refractivity contribution in [2.45, 2.75) is 42.4 Å². The van der Waals surface area contributed by atoms with Crippen LogP contribution in [0.15, 0.2) is 59.6 Å². The Morgan fingerprint density at radius 3 is 2.56 bits per heavy atom. The van der Waals surface area contributed by atoms with Gasteiger partial charge in [-0.3, -0.25) is 19.5 Å². The highest BCUT2D eigenvalue weighted by Gasteiger charge is 2.50. The normalized spacial score (nSPS) is 18.4. The van der Waals surface area contributed by atoms with Crippen LogP contribution < -0.4 is 10.6 Å². The molecule has 2 aromatic carbocycles. The van der Waals surface area contributed by atoms with Gasteiger partial charge in [0, 0.05) is 39.9 Å². The predicted octanol–water partition coefficient (Wildman–Crippen LogP) is 4.62. The quantitative estimate of drug-likeness (QED) is 0.235. The van der Waals surface area contributed by atoms with E-state index in [2.05, 4.69) is 9.88 Å². The highest BCUT2D eigenvalue weighted by Crippen LogP contribution is 2.40. The van der Waals surface area contributed by atoms with Crippen LogP contribution in [0.1, 0.15) is 19.4 Å². The molecule has 6 nitrogen and oxygen atoms in total. The molecule has 3 aromatic rings. The van der Waals surface area contributed by atoms with E-state index < -0.39 is 22.9 Å². The lowest BCUT2D eigenvalue weighted by Gasteiger charge is -2.34. The van der Waals surface area contributed by atoms with Gasteiger partial charge in [0.25, 0.3) is 0 Å². The number of halogens is 3. The molecule has 1 fully saturated rings. The largest absolute Gasteiger partial charge is 0.446 e. The van der Waals surface area contributed by atoms with Crippen molar-refractivity contribution in [3.63, 3.8) is 0 Å². The van der Waals surface area contributed by atoms with Gasteiger partial charge in [-0.1, -0.05) is 6.07 Å². The number of rotatable bonds is 6. The smallest absolute Gasteiger partial charge is 0.398 e. The van der Waals surface area contributed by atoms with Crippen LogP contribution >= 0.6 is 11.8 Å². The number of hydrogen-bond acceptors (Lipinski definition) is 7. The zero-order chi connectivity index (χ0) is 24.7. The summed E-state index contributed by atoms with van der Waals surface area (Å²) in [5.41, 5.74) is 3.90. The van der Waals surface area contributed by atoms with Gasteiger partial charge in [-0.15, -0.1) is 0 Å². The molecule has 1 atom stereocenters. The van der Waals surface area contributed by atoms with Crippen molar-refractivity contribution >= 4 is 46.1 Å². The number of pyridine rings is 1. The molecule has 1 aliphatic heterocycles. The predicted molar refractivity (Wildman–Crippen MR) is 126 cm³/mol. The number of aromatic nitrogens is 1. The summed E-state index contributed by atoms with van der Waals surface area (Å²) >= 11 is -0.202. The molecule has 1 saturated heterocycles. The molecule has 1 aliphatic rings. The van der Waals surface area contributed by atoms with Crippen LogP contribution in [0.3, 0.4) is 0 Å². The number of fused-ring (bicyclic) bond motifs is 1. The number of ketones is 1. The first-order chi connectivity index (χ1) is 16.0. The molecule has 4 rings (SSSR count). The molecule has 0 bridgehead atoms. The first-order valence-corrected chi connectivity index (χ1v) is 11.3. The number of anilines is 2. The molecule has 1 unspecified atom stereocenters. The summed E-state index contributed by atoms with van der Waals surface area (Å²) in [4.78, 5) is 32.4. The van der Waals surface area contributed by atoms with Crippen LogP contribution in [0.5, 0.6) is 0 Å². The van der Waals surface area contributed by atoms with Crippen LogP contribution in [-0.4, -0.2) is 45.7 Å². The second-order valence-corrected chi connectivity index (χ2v) is 9.78. The highest BCUT2D eigenvalue weighted by molar-refractivity contribution is 8.00. The maximum Gasteiger partial charge on any atom is 0.446 e. The van der Waals surface area contributed by atoms with Crippen LogP contribution in [0, 0.1) is 0 Å². The van der Waals surface area contributed by atoms with E-state index in [4.69, 9.17) is 5.73 Å². The van der Waals surface area contributed by atoms with E-state index in [0.29, 0.717) is 30.9 Å². The maximum atomic E-state index is 12.7. The van der Waals surface area contributed by atoms with Gasteiger partial charge in [0.15, 0.2) is 6.29 Å². The van der Waals surface area contributed by atoms with Gasteiger partial charge in [0.1, 0.15) is 6.04 Å². The van der Waals surface area contributed by atoms with Crippen molar-refractivity contribution < 1.29 is 22.8 Å². The van der Waals surface area contributed by atoms with Gasteiger partial charge >= 0.3 is 5.51 Å². The van der Waals surface area contributed by atoms with E-state index in [1.807, 2.05) is 32.0 Å². The van der Waals surface area contributed by atoms with Gasteiger partial charge in [0.2, 0.25) is 5.78 Å². The molecule has 34 heavy (non-hydrogen) atoms. The third kappa shape index (κ3) is 4.60. The fourth-order valence-corrected chi connectivity index (χ4v) is 5.07. The number of Topliss-reactive ketones (excluding diaryl/α,β-unsaturated/α-hetero) is 1. The van der Waals surface area contributed by atoms with Crippen LogP contribution in [0.25, 0.3) is 10.9 Å². The van der Waals surface area contributed by atoms with Crippen molar-refractivity contribution in [3.8, 4) is 0 Å². The Labute approximate surface area is 198 Å². The van der Waals surface area contributed by atoms with Crippen LogP contribution in [0.2, 0.25) is 0 Å². The summed E-state index contributed by atoms with van der Waals surface area (Å²) in [6, 6.07) is 12.4. The van der Waals surface area contributed by atoms with Gasteiger partial charge in [-0.25, -0.2) is 0 Å². The van der Waals surface area contributed by atoms with Crippen molar-refractivity contribution in [1.29, 1.82) is 0 Å². The molecule has 0 saturated carbocycles. The number of thioether (sulfide) groups is 1. The van der Waals surface area contributed by atoms with Crippen molar-refractivity contribution in [1.82, 2.24) is 9.88 Å². The number of nitrogens with zero attached hydrogens (tertiary/aromatic N) is 3. The maximum absolute atomic E-state index is 12.7. The monoisotopic (exact) mass is 488 g/mol. The molecular weight excluding hydrogens is 465 g/mol. The highest BCUT2D eigenvalue weighted by atomic mass is 32.2. The average Bonchev–Trinajstić information content (AvgIpc) is 3.03. The van der Waals surface area contributed by atoms with Crippen LogP contribution in [0.4, 0.5) is 24.5 Å². The Kier molecular flexibility index (Phi) is 6.30. The lowest BCUT2D eigenvalue weighted by Crippen LogP contribution is -2.51. The first-order valence-electron chi connectivity index (χ1n) is 10.5. The molecule has 0 aliphatic carbocycles. The number of nitrogen functional groups attached to an aromatic ring is 1. The molecule has 10 heteroatoms. The number of carbonyl (C=O) groups is 2. The molecule has 0 radical (unpaired) electrons. The van der Waals surface area contributed by atoms with Crippen molar-refractivity contribution in [3.05, 3.63) is 60.3 Å². The molecule has 2 N–H and O–H groups in total. The lowest BCUT2D eigenvalue weighted by molar-refractivity contribution is -0.131. The third-order valence-corrected chi connectivity index (χ3v) is 6.89. The second-order valence-electron chi connectivity index (χ2n) is 8.64. The molecule has 178 valence electrons. The van der Waals surface area contributed by atoms with Crippen LogP contribution in [-0.2, 0) is 16.1 Å². The fourth-order valence-electron chi connectivity index (χ4n) is 4.54. The summed E-state index contributed by atoms with van der Waals surface area (Å²) in [7, 11) is 0. The topological polar surface area (TPSA) is 79.5 Å². The number of nitrogens with two attached hydrogens (primary N) is 1. The molecule has 1 aromatic heterocycles. The number of hydrogen-bond donors (Lipinski definition) is 1.